The van der Waals surface area contributed by atoms with Gasteiger partial charge in [0.1, 0.15) is 0 Å². The second-order valence-electron chi connectivity index (χ2n) is 1.01. The van der Waals surface area contributed by atoms with Gasteiger partial charge in [-0.05, 0) is 0 Å². The fourth-order valence-corrected chi connectivity index (χ4v) is 0.367. The van der Waals surface area contributed by atoms with E-state index in [1.165, 1.54) is 0 Å². The number of halogens is 4. The average molecular weight is 298 g/mol. The number of rotatable bonds is 1. The van der Waals surface area contributed by atoms with Crippen molar-refractivity contribution < 1.29 is 20.8 Å². The molecule has 0 heterocycles. The van der Waals surface area contributed by atoms with Gasteiger partial charge in [-0.3, -0.25) is 0 Å². The van der Waals surface area contributed by atoms with Gasteiger partial charge in [-0.1, -0.05) is 6.92 Å². The summed E-state index contributed by atoms with van der Waals surface area (Å²) in [5, 5.41) is 0.434. The van der Waals surface area contributed by atoms with Crippen molar-refractivity contribution in [2.24, 2.45) is 0 Å². The summed E-state index contributed by atoms with van der Waals surface area (Å²) in [5.74, 6) is 0. The molecule has 0 aromatic heterocycles. The van der Waals surface area contributed by atoms with Crippen LogP contribution in [0.3, 0.4) is 0 Å². The monoisotopic (exact) mass is 295 g/mol. The van der Waals surface area contributed by atoms with Crippen LogP contribution in [-0.4, -0.2) is 0 Å². The Morgan fingerprint density at radius 3 is 2.00 bits per heavy atom. The summed E-state index contributed by atoms with van der Waals surface area (Å²) in [6, 6.07) is 0. The molecule has 0 bridgehead atoms. The molecule has 0 aromatic rings. The third kappa shape index (κ3) is 16.3. The van der Waals surface area contributed by atoms with E-state index in [0.717, 1.165) is 0 Å². The topological polar surface area (TPSA) is 0 Å². The maximum atomic E-state index is 5.35. The summed E-state index contributed by atoms with van der Waals surface area (Å²) in [7, 11) is 9.87. The standard InChI is InChI=1S/C5H5Cl2.2ClH.Zr/c1-2-3-5(7)4-6;;;/h2-3H,1H3;2*1H;/q-1;;;+2/p-2/b3-2+;;;. The Morgan fingerprint density at radius 1 is 1.50 bits per heavy atom. The fourth-order valence-electron chi connectivity index (χ4n) is 0.178. The van der Waals surface area contributed by atoms with E-state index in [2.05, 4.69) is 5.54 Å². The Hall–Kier alpha value is 1.52. The van der Waals surface area contributed by atoms with Crippen LogP contribution in [0.25, 0.3) is 0 Å². The van der Waals surface area contributed by atoms with Gasteiger partial charge in [-0.15, -0.1) is 16.6 Å². The molecule has 0 nitrogen and oxygen atoms in total. The van der Waals surface area contributed by atoms with Crippen LogP contribution in [0.2, 0.25) is 0 Å². The molecule has 0 unspecified atom stereocenters. The van der Waals surface area contributed by atoms with Crippen molar-refractivity contribution in [1.82, 2.24) is 0 Å². The van der Waals surface area contributed by atoms with E-state index in [4.69, 9.17) is 40.2 Å². The van der Waals surface area contributed by atoms with Gasteiger partial charge in [-0.25, -0.2) is 11.6 Å². The molecule has 58 valence electrons. The minimum atomic E-state index is -0.826. The van der Waals surface area contributed by atoms with Crippen LogP contribution in [0.5, 0.6) is 0 Å². The number of hydrogen-bond donors (Lipinski definition) is 0. The van der Waals surface area contributed by atoms with Crippen LogP contribution in [0.1, 0.15) is 6.92 Å². The predicted octanol–water partition coefficient (Wildman–Crippen LogP) is 4.06. The second-order valence-corrected chi connectivity index (χ2v) is 5.34. The molecule has 0 radical (unpaired) electrons. The average Bonchev–Trinajstić information content (AvgIpc) is 1.90. The first kappa shape index (κ1) is 14.1. The van der Waals surface area contributed by atoms with Crippen molar-refractivity contribution >= 4 is 40.2 Å². The molecule has 0 aliphatic rings. The van der Waals surface area contributed by atoms with Gasteiger partial charge >= 0.3 is 37.9 Å². The molecule has 0 aliphatic carbocycles. The van der Waals surface area contributed by atoms with Gasteiger partial charge in [0.2, 0.25) is 0 Å². The van der Waals surface area contributed by atoms with E-state index in [1.807, 2.05) is 6.92 Å². The number of hydrogen-bond acceptors (Lipinski definition) is 0. The molecule has 0 N–H and O–H groups in total. The molecule has 0 atom stereocenters. The van der Waals surface area contributed by atoms with Crippen LogP contribution < -0.4 is 0 Å². The first-order chi connectivity index (χ1) is 4.72. The van der Waals surface area contributed by atoms with Gasteiger partial charge in [0.25, 0.3) is 0 Å². The maximum absolute atomic E-state index is 5.35. The molecule has 0 rings (SSSR count). The normalized spacial score (nSPS) is 10.7. The van der Waals surface area contributed by atoms with E-state index < -0.39 is 20.8 Å². The molecule has 0 amide bonds. The van der Waals surface area contributed by atoms with Crippen LogP contribution in [0, 0.1) is 5.54 Å². The van der Waals surface area contributed by atoms with Crippen molar-refractivity contribution in [2.45, 2.75) is 6.92 Å². The predicted molar refractivity (Wildman–Crippen MR) is 45.0 cm³/mol. The third-order valence-electron chi connectivity index (χ3n) is 0.403. The zero-order chi connectivity index (χ0) is 8.41. The van der Waals surface area contributed by atoms with Crippen molar-refractivity contribution in [2.75, 3.05) is 0 Å². The summed E-state index contributed by atoms with van der Waals surface area (Å²) in [6.45, 7) is 1.86. The van der Waals surface area contributed by atoms with Crippen LogP contribution in [-0.2, 0) is 20.8 Å². The van der Waals surface area contributed by atoms with E-state index in [0.29, 0.717) is 5.03 Å². The Morgan fingerprint density at radius 2 is 1.90 bits per heavy atom. The minimum absolute atomic E-state index is 0.434. The van der Waals surface area contributed by atoms with Crippen LogP contribution in [0.4, 0.5) is 0 Å². The zero-order valence-electron chi connectivity index (χ0n) is 5.17. The first-order valence-electron chi connectivity index (χ1n) is 2.21. The summed E-state index contributed by atoms with van der Waals surface area (Å²) >= 11 is 9.59. The summed E-state index contributed by atoms with van der Waals surface area (Å²) in [5.41, 5.74) is 2.23. The van der Waals surface area contributed by atoms with Crippen LogP contribution >= 0.6 is 40.2 Å². The van der Waals surface area contributed by atoms with Gasteiger partial charge in [0.05, 0.1) is 0 Å². The molecule has 0 saturated carbocycles. The molecule has 0 fully saturated rings. The van der Waals surface area contributed by atoms with Crippen molar-refractivity contribution in [1.29, 1.82) is 0 Å². The van der Waals surface area contributed by atoms with Gasteiger partial charge in [0.15, 0.2) is 0 Å². The van der Waals surface area contributed by atoms with Gasteiger partial charge in [0, 0.05) is 0 Å². The molecule has 5 heteroatoms. The van der Waals surface area contributed by atoms with Gasteiger partial charge in [-0.2, -0.15) is 17.7 Å². The third-order valence-corrected chi connectivity index (χ3v) is 0.924. The Bertz CT molecular complexity index is 110. The molecule has 10 heavy (non-hydrogen) atoms. The van der Waals surface area contributed by atoms with Crippen molar-refractivity contribution in [3.05, 3.63) is 22.7 Å². The molecule has 0 aliphatic heterocycles. The summed E-state index contributed by atoms with van der Waals surface area (Å²) in [6.07, 6.45) is 3.45. The second kappa shape index (κ2) is 13.1. The molecule has 0 spiro atoms. The Kier molecular flexibility index (Phi) is 18.5. The van der Waals surface area contributed by atoms with Crippen molar-refractivity contribution in [3.63, 3.8) is 0 Å². The van der Waals surface area contributed by atoms with E-state index in [9.17, 15) is 0 Å². The SMILES string of the molecule is C/C=C/C(Cl)=[C-]Cl.[Cl][Zr][Cl]. The molecule has 0 aromatic carbocycles. The van der Waals surface area contributed by atoms with E-state index in [-0.39, 0.29) is 0 Å². The Labute approximate surface area is 89.8 Å². The van der Waals surface area contributed by atoms with Gasteiger partial charge < -0.3 is 0 Å². The Balaban J connectivity index is 0. The van der Waals surface area contributed by atoms with E-state index >= 15 is 0 Å². The van der Waals surface area contributed by atoms with E-state index in [1.54, 1.807) is 12.2 Å². The zero-order valence-corrected chi connectivity index (χ0v) is 10.6. The number of allylic oxidation sites excluding steroid dienone is 3. The van der Waals surface area contributed by atoms with Crippen LogP contribution in [0.15, 0.2) is 17.2 Å². The first-order valence-corrected chi connectivity index (χ1v) is 9.29. The van der Waals surface area contributed by atoms with Crippen molar-refractivity contribution in [3.8, 4) is 0 Å². The molecular weight excluding hydrogens is 293 g/mol. The summed E-state index contributed by atoms with van der Waals surface area (Å²) in [4.78, 5) is 0. The molecular formula is C5H5Cl4Zr-. The molecule has 0 saturated heterocycles. The quantitative estimate of drug-likeness (QED) is 0.506. The fraction of sp³-hybridized carbons (Fsp3) is 0.200. The summed E-state index contributed by atoms with van der Waals surface area (Å²) < 4.78 is 0.